The zero-order valence-electron chi connectivity index (χ0n) is 15.5. The third kappa shape index (κ3) is 5.14. The lowest BCUT2D eigenvalue weighted by Crippen LogP contribution is -2.27. The number of hydrogen-bond donors (Lipinski definition) is 1. The molecule has 0 radical (unpaired) electrons. The van der Waals surface area contributed by atoms with Gasteiger partial charge in [0.25, 0.3) is 0 Å². The number of carbonyl (C=O) groups is 1. The van der Waals surface area contributed by atoms with Crippen molar-refractivity contribution in [1.82, 2.24) is 14.9 Å². The summed E-state index contributed by atoms with van der Waals surface area (Å²) in [7, 11) is 3.61. The predicted molar refractivity (Wildman–Crippen MR) is 109 cm³/mol. The number of imidazole rings is 1. The quantitative estimate of drug-likeness (QED) is 0.607. The standard InChI is InChI=1S/C21H23N3O2S/c1-24-19(17-8-10-18(26-2)11-9-17)14-23-21(24)27-15-20(25)22-13-12-16-6-4-3-5-7-16/h3-11,14H,12-13,15H2,1-2H3,(H,22,25). The van der Waals surface area contributed by atoms with Gasteiger partial charge in [0.2, 0.25) is 5.91 Å². The van der Waals surface area contributed by atoms with Gasteiger partial charge in [0.05, 0.1) is 24.8 Å². The summed E-state index contributed by atoms with van der Waals surface area (Å²) in [6.45, 7) is 0.640. The van der Waals surface area contributed by atoms with E-state index in [9.17, 15) is 4.79 Å². The van der Waals surface area contributed by atoms with E-state index in [-0.39, 0.29) is 5.91 Å². The molecule has 0 saturated carbocycles. The molecule has 2 aromatic carbocycles. The van der Waals surface area contributed by atoms with E-state index in [0.29, 0.717) is 12.3 Å². The Morgan fingerprint density at radius 1 is 1.15 bits per heavy atom. The summed E-state index contributed by atoms with van der Waals surface area (Å²) in [6.07, 6.45) is 2.67. The van der Waals surface area contributed by atoms with E-state index >= 15 is 0 Å². The van der Waals surface area contributed by atoms with Crippen LogP contribution in [0.5, 0.6) is 5.75 Å². The number of methoxy groups -OCH3 is 1. The molecule has 1 N–H and O–H groups in total. The van der Waals surface area contributed by atoms with Crippen LogP contribution in [0, 0.1) is 0 Å². The van der Waals surface area contributed by atoms with Crippen LogP contribution < -0.4 is 10.1 Å². The van der Waals surface area contributed by atoms with Crippen LogP contribution in [-0.2, 0) is 18.3 Å². The minimum absolute atomic E-state index is 0.0185. The zero-order chi connectivity index (χ0) is 19.1. The number of benzene rings is 2. The van der Waals surface area contributed by atoms with Gasteiger partial charge in [-0.25, -0.2) is 4.98 Å². The van der Waals surface area contributed by atoms with Crippen molar-refractivity contribution in [3.63, 3.8) is 0 Å². The predicted octanol–water partition coefficient (Wildman–Crippen LogP) is 3.55. The molecule has 1 aromatic heterocycles. The second kappa shape index (κ2) is 9.28. The van der Waals surface area contributed by atoms with Crippen molar-refractivity contribution in [3.05, 3.63) is 66.4 Å². The molecule has 3 rings (SSSR count). The second-order valence-electron chi connectivity index (χ2n) is 6.09. The summed E-state index contributed by atoms with van der Waals surface area (Å²) in [5.74, 6) is 1.19. The number of carbonyl (C=O) groups excluding carboxylic acids is 1. The van der Waals surface area contributed by atoms with Crippen LogP contribution in [0.25, 0.3) is 11.3 Å². The van der Waals surface area contributed by atoms with Gasteiger partial charge < -0.3 is 14.6 Å². The Kier molecular flexibility index (Phi) is 6.54. The van der Waals surface area contributed by atoms with Crippen molar-refractivity contribution in [1.29, 1.82) is 0 Å². The summed E-state index contributed by atoms with van der Waals surface area (Å²) in [5.41, 5.74) is 3.29. The third-order valence-corrected chi connectivity index (χ3v) is 5.29. The maximum atomic E-state index is 12.1. The topological polar surface area (TPSA) is 56.1 Å². The number of nitrogens with one attached hydrogen (secondary N) is 1. The van der Waals surface area contributed by atoms with Crippen LogP contribution in [0.2, 0.25) is 0 Å². The Hall–Kier alpha value is -2.73. The largest absolute Gasteiger partial charge is 0.497 e. The highest BCUT2D eigenvalue weighted by Crippen LogP contribution is 2.26. The molecule has 0 aliphatic carbocycles. The highest BCUT2D eigenvalue weighted by atomic mass is 32.2. The smallest absolute Gasteiger partial charge is 0.230 e. The van der Waals surface area contributed by atoms with Gasteiger partial charge in [0.15, 0.2) is 5.16 Å². The van der Waals surface area contributed by atoms with Crippen molar-refractivity contribution in [2.45, 2.75) is 11.6 Å². The van der Waals surface area contributed by atoms with Gasteiger partial charge in [-0.2, -0.15) is 0 Å². The molecule has 27 heavy (non-hydrogen) atoms. The van der Waals surface area contributed by atoms with Crippen LogP contribution in [0.3, 0.4) is 0 Å². The van der Waals surface area contributed by atoms with Gasteiger partial charge in [-0.3, -0.25) is 4.79 Å². The normalized spacial score (nSPS) is 10.6. The molecule has 6 heteroatoms. The van der Waals surface area contributed by atoms with Gasteiger partial charge >= 0.3 is 0 Å². The van der Waals surface area contributed by atoms with Gasteiger partial charge in [-0.15, -0.1) is 0 Å². The SMILES string of the molecule is COc1ccc(-c2cnc(SCC(=O)NCCc3ccccc3)n2C)cc1. The Balaban J connectivity index is 1.50. The van der Waals surface area contributed by atoms with Gasteiger partial charge in [-0.1, -0.05) is 42.1 Å². The summed E-state index contributed by atoms with van der Waals surface area (Å²) in [5, 5.41) is 3.78. The van der Waals surface area contributed by atoms with Crippen LogP contribution in [-0.4, -0.2) is 34.9 Å². The average molecular weight is 382 g/mol. The molecule has 0 spiro atoms. The molecule has 1 heterocycles. The lowest BCUT2D eigenvalue weighted by molar-refractivity contribution is -0.118. The molecular weight excluding hydrogens is 358 g/mol. The number of thioether (sulfide) groups is 1. The lowest BCUT2D eigenvalue weighted by Gasteiger charge is -2.07. The number of amides is 1. The Morgan fingerprint density at radius 3 is 2.59 bits per heavy atom. The summed E-state index contributed by atoms with van der Waals surface area (Å²) < 4.78 is 7.20. The van der Waals surface area contributed by atoms with Gasteiger partial charge in [0.1, 0.15) is 5.75 Å². The maximum Gasteiger partial charge on any atom is 0.230 e. The number of nitrogens with zero attached hydrogens (tertiary/aromatic N) is 2. The molecule has 0 aliphatic rings. The van der Waals surface area contributed by atoms with E-state index in [1.165, 1.54) is 17.3 Å². The molecule has 1 amide bonds. The first-order chi connectivity index (χ1) is 13.2. The minimum atomic E-state index is 0.0185. The number of ether oxygens (including phenoxy) is 1. The fraction of sp³-hybridized carbons (Fsp3) is 0.238. The molecular formula is C21H23N3O2S. The van der Waals surface area contributed by atoms with E-state index < -0.39 is 0 Å². The third-order valence-electron chi connectivity index (χ3n) is 4.24. The van der Waals surface area contributed by atoms with Crippen LogP contribution in [0.4, 0.5) is 0 Å². The van der Waals surface area contributed by atoms with E-state index in [1.807, 2.05) is 60.3 Å². The van der Waals surface area contributed by atoms with Crippen LogP contribution >= 0.6 is 11.8 Å². The highest BCUT2D eigenvalue weighted by molar-refractivity contribution is 7.99. The Morgan fingerprint density at radius 2 is 1.89 bits per heavy atom. The van der Waals surface area contributed by atoms with Crippen molar-refractivity contribution in [2.24, 2.45) is 7.05 Å². The average Bonchev–Trinajstić information content (AvgIpc) is 3.08. The Labute approximate surface area is 163 Å². The monoisotopic (exact) mass is 381 g/mol. The molecule has 5 nitrogen and oxygen atoms in total. The summed E-state index contributed by atoms with van der Waals surface area (Å²) >= 11 is 1.44. The maximum absolute atomic E-state index is 12.1. The first-order valence-electron chi connectivity index (χ1n) is 8.77. The van der Waals surface area contributed by atoms with E-state index in [4.69, 9.17) is 4.74 Å². The highest BCUT2D eigenvalue weighted by Gasteiger charge is 2.11. The van der Waals surface area contributed by atoms with Crippen LogP contribution in [0.1, 0.15) is 5.56 Å². The van der Waals surface area contributed by atoms with E-state index in [0.717, 1.165) is 28.6 Å². The molecule has 0 bridgehead atoms. The minimum Gasteiger partial charge on any atom is -0.497 e. The zero-order valence-corrected chi connectivity index (χ0v) is 16.3. The summed E-state index contributed by atoms with van der Waals surface area (Å²) in [4.78, 5) is 16.5. The first-order valence-corrected chi connectivity index (χ1v) is 9.75. The molecule has 0 atom stereocenters. The fourth-order valence-corrected chi connectivity index (χ4v) is 3.51. The second-order valence-corrected chi connectivity index (χ2v) is 7.03. The molecule has 0 saturated heterocycles. The number of hydrogen-bond acceptors (Lipinski definition) is 4. The first kappa shape index (κ1) is 19.0. The number of rotatable bonds is 8. The molecule has 0 fully saturated rings. The lowest BCUT2D eigenvalue weighted by atomic mass is 10.1. The van der Waals surface area contributed by atoms with Crippen molar-refractivity contribution < 1.29 is 9.53 Å². The molecule has 3 aromatic rings. The van der Waals surface area contributed by atoms with E-state index in [2.05, 4.69) is 22.4 Å². The van der Waals surface area contributed by atoms with Crippen LogP contribution in [0.15, 0.2) is 66.0 Å². The van der Waals surface area contributed by atoms with Crippen molar-refractivity contribution >= 4 is 17.7 Å². The molecule has 0 aliphatic heterocycles. The van der Waals surface area contributed by atoms with Crippen molar-refractivity contribution in [3.8, 4) is 17.0 Å². The number of aromatic nitrogens is 2. The van der Waals surface area contributed by atoms with Gasteiger partial charge in [0, 0.05) is 19.2 Å². The molecule has 140 valence electrons. The van der Waals surface area contributed by atoms with Gasteiger partial charge in [-0.05, 0) is 36.2 Å². The van der Waals surface area contributed by atoms with E-state index in [1.54, 1.807) is 7.11 Å². The fourth-order valence-electron chi connectivity index (χ4n) is 2.73. The van der Waals surface area contributed by atoms with Crippen molar-refractivity contribution in [2.75, 3.05) is 19.4 Å². The summed E-state index contributed by atoms with van der Waals surface area (Å²) in [6, 6.07) is 18.0. The molecule has 0 unspecified atom stereocenters. The Bertz CT molecular complexity index is 876.